The van der Waals surface area contributed by atoms with Gasteiger partial charge in [0.15, 0.2) is 17.5 Å². The topological polar surface area (TPSA) is 48.5 Å². The lowest BCUT2D eigenvalue weighted by atomic mass is 10.00. The molecule has 10 aromatic carbocycles. The zero-order valence-corrected chi connectivity index (χ0v) is 38.0. The highest BCUT2D eigenvalue weighted by molar-refractivity contribution is 7.27. The second kappa shape index (κ2) is 15.8. The number of benzene rings is 10. The zero-order valence-electron chi connectivity index (χ0n) is 37.2. The highest BCUT2D eigenvalue weighted by atomic mass is 32.1. The van der Waals surface area contributed by atoms with Crippen molar-refractivity contribution in [1.82, 2.24) is 24.1 Å². The summed E-state index contributed by atoms with van der Waals surface area (Å²) < 4.78 is 7.46. The van der Waals surface area contributed by atoms with Crippen molar-refractivity contribution >= 4 is 75.1 Å². The first-order valence-corrected chi connectivity index (χ1v) is 24.1. The third kappa shape index (κ3) is 6.41. The van der Waals surface area contributed by atoms with Crippen molar-refractivity contribution < 1.29 is 0 Å². The van der Waals surface area contributed by atoms with Crippen molar-refractivity contribution in [2.75, 3.05) is 0 Å². The Morgan fingerprint density at radius 1 is 0.275 bits per heavy atom. The van der Waals surface area contributed by atoms with Gasteiger partial charge in [0.05, 0.1) is 26.8 Å². The summed E-state index contributed by atoms with van der Waals surface area (Å²) >= 11 is 1.91. The number of fused-ring (bicyclic) bond motifs is 10. The maximum absolute atomic E-state index is 4.94. The molecule has 0 atom stereocenters. The maximum atomic E-state index is 4.94. The van der Waals surface area contributed by atoms with Crippen molar-refractivity contribution in [1.29, 1.82) is 0 Å². The summed E-state index contributed by atoms with van der Waals surface area (Å²) in [4.78, 5) is 14.7. The van der Waals surface area contributed by atoms with E-state index in [1.807, 2.05) is 72.0 Å². The molecule has 0 unspecified atom stereocenters. The average molecular weight is 898 g/mol. The van der Waals surface area contributed by atoms with E-state index in [1.54, 1.807) is 0 Å². The molecule has 0 saturated heterocycles. The van der Waals surface area contributed by atoms with E-state index in [-0.39, 0.29) is 0 Å². The number of hydrogen-bond acceptors (Lipinski definition) is 4. The van der Waals surface area contributed by atoms with Crippen LogP contribution in [0.2, 0.25) is 0 Å². The van der Waals surface area contributed by atoms with Crippen LogP contribution in [0.1, 0.15) is 0 Å². The number of rotatable bonds is 7. The summed E-state index contributed by atoms with van der Waals surface area (Å²) in [5.74, 6) is 1.95. The molecule has 14 rings (SSSR count). The molecule has 4 aromatic heterocycles. The van der Waals surface area contributed by atoms with Crippen LogP contribution in [0.25, 0.3) is 132 Å². The van der Waals surface area contributed by atoms with Crippen LogP contribution in [0.3, 0.4) is 0 Å². The van der Waals surface area contributed by atoms with Gasteiger partial charge in [-0.1, -0.05) is 188 Å². The molecular formula is C63H39N5S. The first kappa shape index (κ1) is 39.2. The van der Waals surface area contributed by atoms with Gasteiger partial charge >= 0.3 is 0 Å². The van der Waals surface area contributed by atoms with Gasteiger partial charge in [0.25, 0.3) is 0 Å². The first-order valence-electron chi connectivity index (χ1n) is 23.3. The number of thiophene rings is 1. The summed E-state index contributed by atoms with van der Waals surface area (Å²) in [6, 6.07) is 84.5. The number of nitrogens with zero attached hydrogens (tertiary/aromatic N) is 5. The molecule has 0 amide bonds. The Morgan fingerprint density at radius 3 is 1.38 bits per heavy atom. The minimum absolute atomic E-state index is 0.643. The van der Waals surface area contributed by atoms with Crippen LogP contribution >= 0.6 is 11.3 Å². The molecule has 0 radical (unpaired) electrons. The Morgan fingerprint density at radius 2 is 0.725 bits per heavy atom. The second-order valence-corrected chi connectivity index (χ2v) is 18.6. The monoisotopic (exact) mass is 897 g/mol. The van der Waals surface area contributed by atoms with Crippen molar-refractivity contribution in [3.05, 3.63) is 237 Å². The van der Waals surface area contributed by atoms with E-state index in [0.29, 0.717) is 17.5 Å². The molecule has 0 fully saturated rings. The maximum Gasteiger partial charge on any atom is 0.164 e. The van der Waals surface area contributed by atoms with E-state index in [9.17, 15) is 0 Å². The third-order valence-corrected chi connectivity index (χ3v) is 14.9. The summed E-state index contributed by atoms with van der Waals surface area (Å²) in [6.07, 6.45) is 0. The smallest absolute Gasteiger partial charge is 0.164 e. The molecule has 0 N–H and O–H groups in total. The Labute approximate surface area is 401 Å². The Balaban J connectivity index is 0.830. The van der Waals surface area contributed by atoms with Crippen LogP contribution in [0.4, 0.5) is 0 Å². The molecule has 14 aromatic rings. The minimum Gasteiger partial charge on any atom is -0.309 e. The van der Waals surface area contributed by atoms with E-state index < -0.39 is 0 Å². The first-order chi connectivity index (χ1) is 34.2. The van der Waals surface area contributed by atoms with E-state index in [4.69, 9.17) is 15.0 Å². The largest absolute Gasteiger partial charge is 0.309 e. The molecule has 69 heavy (non-hydrogen) atoms. The highest BCUT2D eigenvalue weighted by Crippen LogP contribution is 2.46. The van der Waals surface area contributed by atoms with Crippen LogP contribution in [0, 0.1) is 0 Å². The highest BCUT2D eigenvalue weighted by Gasteiger charge is 2.21. The van der Waals surface area contributed by atoms with E-state index in [0.717, 1.165) is 33.5 Å². The lowest BCUT2D eigenvalue weighted by Crippen LogP contribution is -2.00. The average Bonchev–Trinajstić information content (AvgIpc) is 4.09. The van der Waals surface area contributed by atoms with Crippen molar-refractivity contribution in [3.8, 4) is 67.8 Å². The van der Waals surface area contributed by atoms with Crippen molar-refractivity contribution in [2.24, 2.45) is 0 Å². The van der Waals surface area contributed by atoms with Crippen molar-refractivity contribution in [3.63, 3.8) is 0 Å². The van der Waals surface area contributed by atoms with Gasteiger partial charge in [-0.05, 0) is 70.8 Å². The molecule has 0 saturated carbocycles. The molecule has 4 heterocycles. The Bertz CT molecular complexity index is 4210. The van der Waals surface area contributed by atoms with Crippen molar-refractivity contribution in [2.45, 2.75) is 0 Å². The molecule has 5 nitrogen and oxygen atoms in total. The summed E-state index contributed by atoms with van der Waals surface area (Å²) in [5.41, 5.74) is 14.7. The Kier molecular flexibility index (Phi) is 9.00. The zero-order chi connectivity index (χ0) is 45.4. The quantitative estimate of drug-likeness (QED) is 0.160. The summed E-state index contributed by atoms with van der Waals surface area (Å²) in [7, 11) is 0. The van der Waals surface area contributed by atoms with Gasteiger partial charge in [0.1, 0.15) is 0 Å². The predicted molar refractivity (Wildman–Crippen MR) is 289 cm³/mol. The number of aromatic nitrogens is 5. The van der Waals surface area contributed by atoms with E-state index in [1.165, 1.54) is 80.6 Å². The van der Waals surface area contributed by atoms with Gasteiger partial charge in [-0.3, -0.25) is 0 Å². The lowest BCUT2D eigenvalue weighted by Gasteiger charge is -2.11. The molecule has 0 bridgehead atoms. The fourth-order valence-electron chi connectivity index (χ4n) is 10.3. The fraction of sp³-hybridized carbons (Fsp3) is 0. The fourth-order valence-corrected chi connectivity index (χ4v) is 11.7. The molecule has 322 valence electrons. The van der Waals surface area contributed by atoms with E-state index in [2.05, 4.69) is 185 Å². The van der Waals surface area contributed by atoms with Crippen LogP contribution in [-0.4, -0.2) is 24.1 Å². The normalized spacial score (nSPS) is 11.8. The van der Waals surface area contributed by atoms with Crippen LogP contribution in [0.15, 0.2) is 237 Å². The summed E-state index contributed by atoms with van der Waals surface area (Å²) in [6.45, 7) is 0. The van der Waals surface area contributed by atoms with Gasteiger partial charge in [0, 0.05) is 65.1 Å². The molecule has 0 aliphatic carbocycles. The molecule has 0 aliphatic rings. The molecule has 0 spiro atoms. The predicted octanol–water partition coefficient (Wildman–Crippen LogP) is 16.8. The Hall–Kier alpha value is -8.97. The van der Waals surface area contributed by atoms with Crippen LogP contribution < -0.4 is 0 Å². The number of para-hydroxylation sites is 3. The third-order valence-electron chi connectivity index (χ3n) is 13.6. The SMILES string of the molecule is c1ccc(-c2nc(-c3ccccc3)nc(-c3ccc(-c4ccc(-n5c6ccccc6c6cc(-c7cccc8c7sc7c8ccc8c9ccccc9n(-c9ccccc9)c87)ccc65)cc4)cc3)n2)cc1. The van der Waals surface area contributed by atoms with E-state index >= 15 is 0 Å². The van der Waals surface area contributed by atoms with Crippen LogP contribution in [-0.2, 0) is 0 Å². The molecule has 6 heteroatoms. The van der Waals surface area contributed by atoms with Crippen LogP contribution in [0.5, 0.6) is 0 Å². The second-order valence-electron chi connectivity index (χ2n) is 17.6. The summed E-state index contributed by atoms with van der Waals surface area (Å²) in [5, 5.41) is 7.60. The number of hydrogen-bond donors (Lipinski definition) is 0. The molecule has 0 aliphatic heterocycles. The molecular weight excluding hydrogens is 859 g/mol. The van der Waals surface area contributed by atoms with Gasteiger partial charge < -0.3 is 9.13 Å². The van der Waals surface area contributed by atoms with Gasteiger partial charge in [0.2, 0.25) is 0 Å². The lowest BCUT2D eigenvalue weighted by molar-refractivity contribution is 1.07. The van der Waals surface area contributed by atoms with Gasteiger partial charge in [-0.25, -0.2) is 15.0 Å². The van der Waals surface area contributed by atoms with Gasteiger partial charge in [-0.15, -0.1) is 11.3 Å². The standard InChI is InChI=1S/C63H39N5S/c1-4-15-42(16-5-1)61-64-62(43-17-6-2-7-18-43)66-63(65-61)44-29-27-40(28-30-44)41-31-34-47(35-32-41)67-55-25-12-11-22-50(55)54-39-45(33-38-57(54)67)48-23-14-24-52-53-37-36-51-49-21-10-13-26-56(49)68(46-19-8-3-9-20-46)58(51)60(53)69-59(48)52/h1-39H. The minimum atomic E-state index is 0.643. The van der Waals surface area contributed by atoms with Gasteiger partial charge in [-0.2, -0.15) is 0 Å².